The minimum Gasteiger partial charge on any atom is -0.504 e. The van der Waals surface area contributed by atoms with E-state index >= 15 is 0 Å². The molecule has 6 rings (SSSR count). The molecule has 33 heavy (non-hydrogen) atoms. The molecule has 0 aliphatic heterocycles. The van der Waals surface area contributed by atoms with Crippen LogP contribution in [0.15, 0.2) is 33.6 Å². The Kier molecular flexibility index (Phi) is 4.19. The number of fused-ring (bicyclic) bond motifs is 5. The lowest BCUT2D eigenvalue weighted by Crippen LogP contribution is -2.47. The van der Waals surface area contributed by atoms with Gasteiger partial charge >= 0.3 is 0 Å². The number of carbonyl (C=O) groups is 1. The van der Waals surface area contributed by atoms with Crippen LogP contribution in [0.1, 0.15) is 93.4 Å². The second-order valence-corrected chi connectivity index (χ2v) is 14.0. The Balaban J connectivity index is 1.64. The fourth-order valence-electron chi connectivity index (χ4n) is 10.0. The Morgan fingerprint density at radius 3 is 2.21 bits per heavy atom. The highest BCUT2D eigenvalue weighted by Gasteiger charge is 2.76. The Morgan fingerprint density at radius 1 is 0.939 bits per heavy atom. The van der Waals surface area contributed by atoms with E-state index in [-0.39, 0.29) is 33.7 Å². The van der Waals surface area contributed by atoms with Crippen LogP contribution in [0.5, 0.6) is 0 Å². The predicted octanol–water partition coefficient (Wildman–Crippen LogP) is 6.68. The number of carbonyl (C=O) groups excluding carboxylic acids is 1. The molecule has 0 radical (unpaired) electrons. The summed E-state index contributed by atoms with van der Waals surface area (Å²) in [6, 6.07) is 0. The molecule has 2 N–H and O–H groups in total. The van der Waals surface area contributed by atoms with Crippen molar-refractivity contribution in [3.8, 4) is 0 Å². The zero-order valence-corrected chi connectivity index (χ0v) is 21.6. The van der Waals surface area contributed by atoms with Gasteiger partial charge in [0.05, 0.1) is 6.10 Å². The third-order valence-corrected chi connectivity index (χ3v) is 11.8. The molecule has 0 bridgehead atoms. The maximum absolute atomic E-state index is 13.9. The average Bonchev–Trinajstić information content (AvgIpc) is 3.31. The van der Waals surface area contributed by atoms with Gasteiger partial charge in [-0.2, -0.15) is 0 Å². The first-order valence-electron chi connectivity index (χ1n) is 13.5. The van der Waals surface area contributed by atoms with Crippen LogP contribution < -0.4 is 0 Å². The van der Waals surface area contributed by atoms with E-state index in [9.17, 15) is 15.0 Å². The molecule has 0 aromatic heterocycles. The minimum absolute atomic E-state index is 0.00647. The monoisotopic (exact) mass is 450 g/mol. The standard InChI is InChI=1S/C30H42O3/c1-15(2)20-22-21-17(26(33)30(22)12-11-29(16(3)4)14-19(29)30)13-18-27(5,6)9-8-10-28(18,7)23(21)25(32)24(20)31/h15-16,18-19,26,32-33H,8-14H2,1-7H3/t18-,19-,26-,28-,29+,30-/m0/s1. The molecule has 6 atom stereocenters. The highest BCUT2D eigenvalue weighted by atomic mass is 16.3. The Labute approximate surface area is 199 Å². The lowest BCUT2D eigenvalue weighted by Gasteiger charge is -2.55. The lowest BCUT2D eigenvalue weighted by atomic mass is 9.48. The van der Waals surface area contributed by atoms with Crippen molar-refractivity contribution in [1.82, 2.24) is 0 Å². The summed E-state index contributed by atoms with van der Waals surface area (Å²) in [5.74, 6) is 1.26. The van der Waals surface area contributed by atoms with Gasteiger partial charge in [-0.3, -0.25) is 4.79 Å². The molecule has 6 aliphatic rings. The van der Waals surface area contributed by atoms with E-state index in [2.05, 4.69) is 48.5 Å². The fraction of sp³-hybridized carbons (Fsp3) is 0.767. The normalized spacial score (nSPS) is 45.4. The average molecular weight is 451 g/mol. The summed E-state index contributed by atoms with van der Waals surface area (Å²) in [6.07, 6.45) is 6.98. The molecule has 180 valence electrons. The number of rotatable bonds is 2. The fourth-order valence-corrected chi connectivity index (χ4v) is 10.0. The van der Waals surface area contributed by atoms with E-state index in [1.807, 2.05) is 0 Å². The third kappa shape index (κ3) is 2.30. The van der Waals surface area contributed by atoms with Crippen molar-refractivity contribution >= 4 is 5.78 Å². The van der Waals surface area contributed by atoms with Crippen molar-refractivity contribution in [2.24, 2.45) is 45.3 Å². The van der Waals surface area contributed by atoms with E-state index in [0.29, 0.717) is 23.2 Å². The Hall–Kier alpha value is -1.35. The van der Waals surface area contributed by atoms with Crippen LogP contribution in [0.3, 0.4) is 0 Å². The molecule has 0 unspecified atom stereocenters. The second kappa shape index (κ2) is 6.25. The highest BCUT2D eigenvalue weighted by molar-refractivity contribution is 6.12. The molecule has 0 amide bonds. The van der Waals surface area contributed by atoms with E-state index in [0.717, 1.165) is 60.8 Å². The Bertz CT molecular complexity index is 1070. The molecular formula is C30H42O3. The van der Waals surface area contributed by atoms with Gasteiger partial charge in [-0.05, 0) is 89.7 Å². The van der Waals surface area contributed by atoms with Gasteiger partial charge in [-0.1, -0.05) is 54.9 Å². The molecular weight excluding hydrogens is 408 g/mol. The lowest BCUT2D eigenvalue weighted by molar-refractivity contribution is -0.115. The van der Waals surface area contributed by atoms with Crippen molar-refractivity contribution in [1.29, 1.82) is 0 Å². The van der Waals surface area contributed by atoms with Crippen LogP contribution in [0.2, 0.25) is 0 Å². The summed E-state index contributed by atoms with van der Waals surface area (Å²) in [5.41, 5.74) is 5.05. The van der Waals surface area contributed by atoms with Crippen molar-refractivity contribution in [3.05, 3.63) is 33.6 Å². The summed E-state index contributed by atoms with van der Waals surface area (Å²) >= 11 is 0. The molecule has 3 nitrogen and oxygen atoms in total. The van der Waals surface area contributed by atoms with Crippen molar-refractivity contribution in [2.75, 3.05) is 0 Å². The number of hydrogen-bond donors (Lipinski definition) is 2. The summed E-state index contributed by atoms with van der Waals surface area (Å²) < 4.78 is 0. The zero-order chi connectivity index (χ0) is 23.9. The summed E-state index contributed by atoms with van der Waals surface area (Å²) in [5, 5.41) is 23.8. The van der Waals surface area contributed by atoms with Gasteiger partial charge in [0.15, 0.2) is 5.76 Å². The van der Waals surface area contributed by atoms with Gasteiger partial charge in [0.25, 0.3) is 0 Å². The molecule has 0 heterocycles. The van der Waals surface area contributed by atoms with Gasteiger partial charge in [0, 0.05) is 22.0 Å². The maximum atomic E-state index is 13.9. The first-order valence-corrected chi connectivity index (χ1v) is 13.5. The van der Waals surface area contributed by atoms with Crippen molar-refractivity contribution in [3.63, 3.8) is 0 Å². The molecule has 1 spiro atoms. The van der Waals surface area contributed by atoms with E-state index in [4.69, 9.17) is 0 Å². The quantitative estimate of drug-likeness (QED) is 0.493. The van der Waals surface area contributed by atoms with Gasteiger partial charge in [-0.25, -0.2) is 0 Å². The largest absolute Gasteiger partial charge is 0.504 e. The van der Waals surface area contributed by atoms with Crippen molar-refractivity contribution < 1.29 is 15.0 Å². The van der Waals surface area contributed by atoms with E-state index in [1.165, 1.54) is 12.0 Å². The van der Waals surface area contributed by atoms with Crippen LogP contribution in [-0.2, 0) is 4.79 Å². The molecule has 3 heteroatoms. The summed E-state index contributed by atoms with van der Waals surface area (Å²) in [7, 11) is 0. The number of Topliss-reactive ketones (excluding diaryl/α,β-unsaturated/α-hetero) is 1. The number of aliphatic hydroxyl groups is 2. The van der Waals surface area contributed by atoms with Gasteiger partial charge in [-0.15, -0.1) is 0 Å². The highest BCUT2D eigenvalue weighted by Crippen LogP contribution is 2.81. The number of allylic oxidation sites excluding steroid dienone is 3. The van der Waals surface area contributed by atoms with E-state index in [1.54, 1.807) is 0 Å². The first-order chi connectivity index (χ1) is 15.3. The third-order valence-electron chi connectivity index (χ3n) is 11.8. The molecule has 0 saturated heterocycles. The number of ketones is 1. The van der Waals surface area contributed by atoms with Crippen LogP contribution in [0.25, 0.3) is 0 Å². The van der Waals surface area contributed by atoms with Crippen LogP contribution in [0.4, 0.5) is 0 Å². The number of aliphatic hydroxyl groups excluding tert-OH is 2. The van der Waals surface area contributed by atoms with Crippen LogP contribution >= 0.6 is 0 Å². The molecule has 0 aromatic carbocycles. The van der Waals surface area contributed by atoms with Crippen molar-refractivity contribution in [2.45, 2.75) is 99.5 Å². The Morgan fingerprint density at radius 2 is 1.64 bits per heavy atom. The SMILES string of the molecule is CC(C)C1=C2C3=C(C[C@H]4C(C)(C)CCC[C@]4(C)C3=C(O)C1=O)[C@H](O)[C@]21CC[C@]2(C(C)C)C[C@@H]21. The zero-order valence-electron chi connectivity index (χ0n) is 21.6. The van der Waals surface area contributed by atoms with E-state index < -0.39 is 6.10 Å². The topological polar surface area (TPSA) is 57.5 Å². The van der Waals surface area contributed by atoms with Gasteiger partial charge in [0.2, 0.25) is 5.78 Å². The molecule has 0 aromatic rings. The van der Waals surface area contributed by atoms with Crippen LogP contribution in [0, 0.1) is 45.3 Å². The van der Waals surface area contributed by atoms with Gasteiger partial charge in [0.1, 0.15) is 0 Å². The molecule has 6 aliphatic carbocycles. The summed E-state index contributed by atoms with van der Waals surface area (Å²) in [4.78, 5) is 13.9. The van der Waals surface area contributed by atoms with Gasteiger partial charge < -0.3 is 10.2 Å². The number of hydrogen-bond acceptors (Lipinski definition) is 3. The maximum Gasteiger partial charge on any atom is 0.224 e. The molecule has 3 fully saturated rings. The minimum atomic E-state index is -0.514. The first kappa shape index (κ1) is 22.1. The smallest absolute Gasteiger partial charge is 0.224 e. The predicted molar refractivity (Wildman–Crippen MR) is 130 cm³/mol. The molecule has 3 saturated carbocycles. The van der Waals surface area contributed by atoms with Crippen LogP contribution in [-0.4, -0.2) is 22.1 Å². The second-order valence-electron chi connectivity index (χ2n) is 14.0. The summed E-state index contributed by atoms with van der Waals surface area (Å²) in [6.45, 7) is 15.9.